The van der Waals surface area contributed by atoms with E-state index in [1.54, 1.807) is 0 Å². The quantitative estimate of drug-likeness (QED) is 0.184. The highest BCUT2D eigenvalue weighted by Gasteiger charge is 2.64. The summed E-state index contributed by atoms with van der Waals surface area (Å²) in [5.41, 5.74) is -1.71. The predicted octanol–water partition coefficient (Wildman–Crippen LogP) is 6.21. The van der Waals surface area contributed by atoms with Gasteiger partial charge in [-0.2, -0.15) is 17.2 Å². The summed E-state index contributed by atoms with van der Waals surface area (Å²) in [7, 11) is -4.78. The van der Waals surface area contributed by atoms with Crippen molar-refractivity contribution in [1.29, 1.82) is 0 Å². The van der Waals surface area contributed by atoms with Crippen molar-refractivity contribution in [2.75, 3.05) is 13.7 Å². The average molecular weight is 618 g/mol. The molecule has 4 aliphatic carbocycles. The van der Waals surface area contributed by atoms with Gasteiger partial charge in [0, 0.05) is 6.61 Å². The van der Waals surface area contributed by atoms with Gasteiger partial charge in [0.2, 0.25) is 0 Å². The van der Waals surface area contributed by atoms with Crippen LogP contribution in [0.15, 0.2) is 106 Å². The van der Waals surface area contributed by atoms with Crippen molar-refractivity contribution < 1.29 is 36.0 Å². The molecule has 2 atom stereocenters. The lowest BCUT2D eigenvalue weighted by atomic mass is 9.48. The van der Waals surface area contributed by atoms with E-state index in [4.69, 9.17) is 4.18 Å². The van der Waals surface area contributed by atoms with Crippen LogP contribution in [-0.2, 0) is 34.7 Å². The molecule has 4 bridgehead atoms. The average Bonchev–Trinajstić information content (AvgIpc) is 2.97. The van der Waals surface area contributed by atoms with Gasteiger partial charge in [0.25, 0.3) is 0 Å². The molecular weight excluding hydrogens is 582 g/mol. The molecule has 4 aliphatic rings. The number of carbonyl (C=O) groups excluding carboxylic acids is 1. The molecule has 2 unspecified atom stereocenters. The van der Waals surface area contributed by atoms with Gasteiger partial charge in [-0.05, 0) is 92.2 Å². The lowest BCUT2D eigenvalue weighted by molar-refractivity contribution is -0.169. The Morgan fingerprint density at radius 3 is 1.67 bits per heavy atom. The fraction of sp³-hybridized carbons (Fsp3) is 0.406. The third-order valence-corrected chi connectivity index (χ3v) is 12.0. The van der Waals surface area contributed by atoms with Gasteiger partial charge in [-0.3, -0.25) is 4.18 Å². The van der Waals surface area contributed by atoms with Crippen LogP contribution in [0.3, 0.4) is 0 Å². The first-order chi connectivity index (χ1) is 20.0. The lowest BCUT2D eigenvalue weighted by Gasteiger charge is -2.60. The zero-order valence-electron chi connectivity index (χ0n) is 23.3. The van der Waals surface area contributed by atoms with Gasteiger partial charge < -0.3 is 9.84 Å². The van der Waals surface area contributed by atoms with E-state index in [1.165, 1.54) is 14.7 Å². The largest absolute Gasteiger partial charge is 0.466 e. The summed E-state index contributed by atoms with van der Waals surface area (Å²) in [5, 5.41) is 4.96. The van der Waals surface area contributed by atoms with Gasteiger partial charge in [-0.25, -0.2) is 4.79 Å². The number of alkyl halides is 2. The Balaban J connectivity index is 0.000000171. The molecule has 4 fully saturated rings. The number of carbonyl (C=O) groups is 1. The second-order valence-electron chi connectivity index (χ2n) is 11.6. The van der Waals surface area contributed by atoms with E-state index < -0.39 is 32.4 Å². The van der Waals surface area contributed by atoms with Gasteiger partial charge in [0.1, 0.15) is 0 Å². The van der Waals surface area contributed by atoms with Crippen molar-refractivity contribution in [3.05, 3.63) is 91.0 Å². The normalized spacial score (nSPS) is 26.4. The molecule has 0 radical (unpaired) electrons. The fourth-order valence-electron chi connectivity index (χ4n) is 7.23. The van der Waals surface area contributed by atoms with E-state index in [0.29, 0.717) is 20.0 Å². The molecule has 0 heterocycles. The van der Waals surface area contributed by atoms with Crippen LogP contribution in [0.5, 0.6) is 0 Å². The van der Waals surface area contributed by atoms with Crippen molar-refractivity contribution in [2.45, 2.75) is 64.1 Å². The zero-order valence-corrected chi connectivity index (χ0v) is 25.0. The van der Waals surface area contributed by atoms with E-state index in [2.05, 4.69) is 95.7 Å². The van der Waals surface area contributed by atoms with Crippen LogP contribution in [0, 0.1) is 17.3 Å². The molecule has 10 heteroatoms. The number of hydrogen-bond donors (Lipinski definition) is 1. The smallest absolute Gasteiger partial charge is 0.464 e. The highest BCUT2D eigenvalue weighted by atomic mass is 32.2. The maximum Gasteiger partial charge on any atom is 0.466 e. The Bertz CT molecular complexity index is 1360. The molecular formula is C32H35F2O6S2+. The Morgan fingerprint density at radius 1 is 0.857 bits per heavy atom. The van der Waals surface area contributed by atoms with E-state index in [-0.39, 0.29) is 35.8 Å². The standard InChI is InChI=1S/C18H15S.C14H20F2O6S/c1-4-10-16(11-5-1)19(17-12-6-2-7-13-17)18-14-8-3-9-15-18;1-21-11(18)14(15,16)23(19,20)22-13-5-9-2-10(6-13)4-12(3-9,7-13)8-17/h1-15H;9-10,17H,2-8H2,1H3/q+1;. The number of esters is 1. The van der Waals surface area contributed by atoms with Gasteiger partial charge >= 0.3 is 21.3 Å². The number of rotatable bonds is 8. The Hall–Kier alpha value is -2.79. The molecule has 7 rings (SSSR count). The molecule has 4 saturated carbocycles. The summed E-state index contributed by atoms with van der Waals surface area (Å²) in [5.74, 6) is -1.84. The van der Waals surface area contributed by atoms with Crippen LogP contribution in [0.2, 0.25) is 0 Å². The summed E-state index contributed by atoms with van der Waals surface area (Å²) in [6.45, 7) is -0.113. The summed E-state index contributed by atoms with van der Waals surface area (Å²) in [4.78, 5) is 15.2. The Labute approximate surface area is 248 Å². The molecule has 42 heavy (non-hydrogen) atoms. The first kappa shape index (κ1) is 30.7. The zero-order chi connectivity index (χ0) is 30.0. The number of hydrogen-bond acceptors (Lipinski definition) is 6. The molecule has 1 N–H and O–H groups in total. The first-order valence-corrected chi connectivity index (χ1v) is 16.6. The first-order valence-electron chi connectivity index (χ1n) is 13.9. The number of aliphatic hydroxyl groups excluding tert-OH is 1. The van der Waals surface area contributed by atoms with Crippen molar-refractivity contribution in [3.63, 3.8) is 0 Å². The number of ether oxygens (including phenoxy) is 1. The monoisotopic (exact) mass is 617 g/mol. The molecule has 224 valence electrons. The van der Waals surface area contributed by atoms with Gasteiger partial charge in [0.15, 0.2) is 14.7 Å². The van der Waals surface area contributed by atoms with Gasteiger partial charge in [-0.15, -0.1) is 0 Å². The summed E-state index contributed by atoms with van der Waals surface area (Å²) < 4.78 is 60.5. The molecule has 0 saturated heterocycles. The van der Waals surface area contributed by atoms with Crippen molar-refractivity contribution in [2.24, 2.45) is 17.3 Å². The summed E-state index contributed by atoms with van der Waals surface area (Å²) in [6.07, 6.45) is 3.38. The minimum absolute atomic E-state index is 0.0146. The van der Waals surface area contributed by atoms with Crippen molar-refractivity contribution in [1.82, 2.24) is 0 Å². The van der Waals surface area contributed by atoms with Crippen LogP contribution in [0.25, 0.3) is 0 Å². The third-order valence-electron chi connectivity index (χ3n) is 8.42. The minimum atomic E-state index is -5.46. The topological polar surface area (TPSA) is 89.9 Å². The molecule has 6 nitrogen and oxygen atoms in total. The fourth-order valence-corrected chi connectivity index (χ4v) is 10.4. The van der Waals surface area contributed by atoms with E-state index in [0.717, 1.165) is 19.3 Å². The Morgan fingerprint density at radius 2 is 1.29 bits per heavy atom. The molecule has 0 aliphatic heterocycles. The maximum atomic E-state index is 13.8. The van der Waals surface area contributed by atoms with E-state index >= 15 is 0 Å². The third kappa shape index (κ3) is 6.13. The van der Waals surface area contributed by atoms with E-state index in [9.17, 15) is 27.1 Å². The molecule has 0 aromatic heterocycles. The lowest BCUT2D eigenvalue weighted by Crippen LogP contribution is -2.59. The van der Waals surface area contributed by atoms with E-state index in [1.807, 2.05) is 0 Å². The van der Waals surface area contributed by atoms with Crippen LogP contribution in [0.4, 0.5) is 8.78 Å². The molecule has 3 aromatic rings. The summed E-state index contributed by atoms with van der Waals surface area (Å²) in [6, 6.07) is 32.2. The van der Waals surface area contributed by atoms with Crippen LogP contribution in [0.1, 0.15) is 38.5 Å². The summed E-state index contributed by atoms with van der Waals surface area (Å²) >= 11 is 0. The highest BCUT2D eigenvalue weighted by molar-refractivity contribution is 7.97. The van der Waals surface area contributed by atoms with Crippen LogP contribution in [-0.4, -0.2) is 44.1 Å². The van der Waals surface area contributed by atoms with Crippen LogP contribution < -0.4 is 0 Å². The molecule has 0 spiro atoms. The van der Waals surface area contributed by atoms with Crippen LogP contribution >= 0.6 is 0 Å². The number of halogens is 2. The number of methoxy groups -OCH3 is 1. The Kier molecular flexibility index (Phi) is 8.81. The predicted molar refractivity (Wildman–Crippen MR) is 155 cm³/mol. The van der Waals surface area contributed by atoms with Gasteiger partial charge in [0.05, 0.1) is 23.6 Å². The second kappa shape index (κ2) is 12.1. The minimum Gasteiger partial charge on any atom is -0.464 e. The highest BCUT2D eigenvalue weighted by Crippen LogP contribution is 2.63. The number of aliphatic hydroxyl groups is 1. The van der Waals surface area contributed by atoms with Crippen molar-refractivity contribution >= 4 is 27.0 Å². The maximum absolute atomic E-state index is 13.8. The second-order valence-corrected chi connectivity index (χ2v) is 15.2. The van der Waals surface area contributed by atoms with Crippen molar-refractivity contribution in [3.8, 4) is 0 Å². The molecule has 3 aromatic carbocycles. The van der Waals surface area contributed by atoms with Gasteiger partial charge in [-0.1, -0.05) is 54.6 Å². The number of benzene rings is 3. The molecule has 0 amide bonds. The SMILES string of the molecule is COC(=O)C(F)(F)S(=O)(=O)OC12CC3CC(CC(CO)(C3)C1)C2.c1ccc([S+](c2ccccc2)c2ccccc2)cc1.